The fourth-order valence-corrected chi connectivity index (χ4v) is 4.53. The Morgan fingerprint density at radius 3 is 2.52 bits per heavy atom. The molecule has 5 rings (SSSR count). The van der Waals surface area contributed by atoms with Crippen LogP contribution in [0.1, 0.15) is 31.2 Å². The Bertz CT molecular complexity index is 950. The van der Waals surface area contributed by atoms with Crippen LogP contribution in [-0.4, -0.2) is 32.5 Å². The average molecular weight is 409 g/mol. The summed E-state index contributed by atoms with van der Waals surface area (Å²) in [6.07, 6.45) is 6.66. The van der Waals surface area contributed by atoms with E-state index in [9.17, 15) is 4.79 Å². The zero-order valence-electron chi connectivity index (χ0n) is 16.2. The number of hydrogen-bond acceptors (Lipinski definition) is 5. The first-order valence-corrected chi connectivity index (χ1v) is 11.2. The van der Waals surface area contributed by atoms with E-state index < -0.39 is 0 Å². The molecule has 0 unspecified atom stereocenters. The number of furan rings is 1. The molecule has 1 amide bonds. The molecule has 2 aliphatic carbocycles. The van der Waals surface area contributed by atoms with Crippen molar-refractivity contribution in [2.24, 2.45) is 11.8 Å². The second-order valence-electron chi connectivity index (χ2n) is 7.91. The normalized spacial score (nSPS) is 16.3. The van der Waals surface area contributed by atoms with Crippen LogP contribution >= 0.6 is 11.8 Å². The highest BCUT2D eigenvalue weighted by Crippen LogP contribution is 2.44. The third-order valence-electron chi connectivity index (χ3n) is 5.56. The van der Waals surface area contributed by atoms with E-state index in [4.69, 9.17) is 4.42 Å². The van der Waals surface area contributed by atoms with Crippen molar-refractivity contribution in [3.63, 3.8) is 0 Å². The summed E-state index contributed by atoms with van der Waals surface area (Å²) in [5.74, 6) is 3.18. The zero-order valence-corrected chi connectivity index (χ0v) is 17.0. The molecule has 29 heavy (non-hydrogen) atoms. The molecule has 0 bridgehead atoms. The van der Waals surface area contributed by atoms with Crippen molar-refractivity contribution in [1.29, 1.82) is 0 Å². The molecule has 2 aromatic heterocycles. The van der Waals surface area contributed by atoms with Gasteiger partial charge in [0, 0.05) is 6.04 Å². The largest absolute Gasteiger partial charge is 0.461 e. The third kappa shape index (κ3) is 4.40. The summed E-state index contributed by atoms with van der Waals surface area (Å²) in [7, 11) is 0. The molecule has 7 heteroatoms. The number of hydrogen-bond donors (Lipinski definition) is 1. The van der Waals surface area contributed by atoms with Crippen molar-refractivity contribution < 1.29 is 9.21 Å². The van der Waals surface area contributed by atoms with Gasteiger partial charge in [-0.25, -0.2) is 0 Å². The van der Waals surface area contributed by atoms with Gasteiger partial charge in [-0.1, -0.05) is 42.1 Å². The lowest BCUT2D eigenvalue weighted by molar-refractivity contribution is -0.119. The van der Waals surface area contributed by atoms with Gasteiger partial charge < -0.3 is 9.73 Å². The minimum absolute atomic E-state index is 0.0904. The minimum Gasteiger partial charge on any atom is -0.461 e. The summed E-state index contributed by atoms with van der Waals surface area (Å²) in [5.41, 5.74) is 1.15. The Kier molecular flexibility index (Phi) is 5.14. The van der Waals surface area contributed by atoms with E-state index in [0.29, 0.717) is 41.8 Å². The van der Waals surface area contributed by atoms with E-state index in [1.54, 1.807) is 6.26 Å². The first-order chi connectivity index (χ1) is 14.3. The van der Waals surface area contributed by atoms with Gasteiger partial charge in [0.05, 0.1) is 18.6 Å². The Balaban J connectivity index is 1.30. The van der Waals surface area contributed by atoms with E-state index in [1.807, 2.05) is 34.9 Å². The molecule has 2 aliphatic rings. The van der Waals surface area contributed by atoms with Crippen LogP contribution in [0.4, 0.5) is 0 Å². The number of amides is 1. The van der Waals surface area contributed by atoms with Crippen molar-refractivity contribution in [2.45, 2.75) is 43.4 Å². The van der Waals surface area contributed by atoms with E-state index in [2.05, 4.69) is 27.6 Å². The Morgan fingerprint density at radius 2 is 1.86 bits per heavy atom. The van der Waals surface area contributed by atoms with Gasteiger partial charge in [-0.15, -0.1) is 10.2 Å². The summed E-state index contributed by atoms with van der Waals surface area (Å²) in [6, 6.07) is 14.3. The quantitative estimate of drug-likeness (QED) is 0.542. The van der Waals surface area contributed by atoms with E-state index in [-0.39, 0.29) is 5.91 Å². The SMILES string of the molecule is O=C(CSc1nnc(-c2ccco2)n1Cc1ccccc1)NC(C1CC1)C1CC1. The summed E-state index contributed by atoms with van der Waals surface area (Å²) in [6.45, 7) is 0.626. The monoisotopic (exact) mass is 408 g/mol. The van der Waals surface area contributed by atoms with Crippen LogP contribution in [0, 0.1) is 11.8 Å². The van der Waals surface area contributed by atoms with Crippen molar-refractivity contribution in [3.05, 3.63) is 54.3 Å². The number of benzene rings is 1. The van der Waals surface area contributed by atoms with Gasteiger partial charge in [-0.2, -0.15) is 0 Å². The van der Waals surface area contributed by atoms with Crippen molar-refractivity contribution in [2.75, 3.05) is 5.75 Å². The van der Waals surface area contributed by atoms with Gasteiger partial charge >= 0.3 is 0 Å². The molecule has 0 aliphatic heterocycles. The average Bonchev–Trinajstić information content (AvgIpc) is 3.66. The van der Waals surface area contributed by atoms with E-state index >= 15 is 0 Å². The van der Waals surface area contributed by atoms with Crippen LogP contribution in [0.5, 0.6) is 0 Å². The Hall–Kier alpha value is -2.54. The molecule has 0 spiro atoms. The smallest absolute Gasteiger partial charge is 0.230 e. The number of nitrogens with zero attached hydrogens (tertiary/aromatic N) is 3. The van der Waals surface area contributed by atoms with Crippen LogP contribution in [0.15, 0.2) is 58.3 Å². The molecule has 6 nitrogen and oxygen atoms in total. The topological polar surface area (TPSA) is 73.0 Å². The molecule has 2 heterocycles. The predicted octanol–water partition coefficient (Wildman–Crippen LogP) is 3.98. The highest BCUT2D eigenvalue weighted by Gasteiger charge is 2.42. The van der Waals surface area contributed by atoms with Crippen LogP contribution < -0.4 is 5.32 Å². The van der Waals surface area contributed by atoms with Crippen molar-refractivity contribution >= 4 is 17.7 Å². The Labute approximate surface area is 174 Å². The number of rotatable bonds is 9. The molecule has 0 atom stereocenters. The highest BCUT2D eigenvalue weighted by molar-refractivity contribution is 7.99. The number of thioether (sulfide) groups is 1. The summed E-state index contributed by atoms with van der Waals surface area (Å²) < 4.78 is 7.56. The van der Waals surface area contributed by atoms with Crippen molar-refractivity contribution in [3.8, 4) is 11.6 Å². The number of aromatic nitrogens is 3. The van der Waals surface area contributed by atoms with Gasteiger partial charge in [0.1, 0.15) is 0 Å². The van der Waals surface area contributed by atoms with Gasteiger partial charge in [0.25, 0.3) is 0 Å². The van der Waals surface area contributed by atoms with Crippen LogP contribution in [-0.2, 0) is 11.3 Å². The van der Waals surface area contributed by atoms with E-state index in [1.165, 1.54) is 37.4 Å². The minimum atomic E-state index is 0.0904. The van der Waals surface area contributed by atoms with Crippen LogP contribution in [0.3, 0.4) is 0 Å². The molecule has 1 N–H and O–H groups in total. The van der Waals surface area contributed by atoms with Crippen molar-refractivity contribution in [1.82, 2.24) is 20.1 Å². The maximum Gasteiger partial charge on any atom is 0.230 e. The lowest BCUT2D eigenvalue weighted by atomic mass is 10.1. The first-order valence-electron chi connectivity index (χ1n) is 10.2. The fourth-order valence-electron chi connectivity index (χ4n) is 3.78. The van der Waals surface area contributed by atoms with Crippen LogP contribution in [0.2, 0.25) is 0 Å². The summed E-state index contributed by atoms with van der Waals surface area (Å²) in [4.78, 5) is 12.6. The second kappa shape index (κ2) is 8.06. The number of nitrogens with one attached hydrogen (secondary N) is 1. The number of carbonyl (C=O) groups is 1. The second-order valence-corrected chi connectivity index (χ2v) is 8.85. The van der Waals surface area contributed by atoms with Crippen LogP contribution in [0.25, 0.3) is 11.6 Å². The third-order valence-corrected chi connectivity index (χ3v) is 6.53. The lowest BCUT2D eigenvalue weighted by Crippen LogP contribution is -2.39. The predicted molar refractivity (Wildman–Crippen MR) is 111 cm³/mol. The lowest BCUT2D eigenvalue weighted by Gasteiger charge is -2.17. The first kappa shape index (κ1) is 18.5. The molecule has 3 aromatic rings. The van der Waals surface area contributed by atoms with Gasteiger partial charge in [-0.05, 0) is 55.2 Å². The molecule has 2 fully saturated rings. The summed E-state index contributed by atoms with van der Waals surface area (Å²) in [5, 5.41) is 12.7. The molecular weight excluding hydrogens is 384 g/mol. The van der Waals surface area contributed by atoms with Gasteiger partial charge in [-0.3, -0.25) is 9.36 Å². The maximum absolute atomic E-state index is 12.6. The van der Waals surface area contributed by atoms with E-state index in [0.717, 1.165) is 10.7 Å². The fraction of sp³-hybridized carbons (Fsp3) is 0.409. The maximum atomic E-state index is 12.6. The van der Waals surface area contributed by atoms with Gasteiger partial charge in [0.2, 0.25) is 11.7 Å². The molecule has 2 saturated carbocycles. The Morgan fingerprint density at radius 1 is 1.10 bits per heavy atom. The molecule has 0 radical (unpaired) electrons. The standard InChI is InChI=1S/C22H24N4O2S/c27-19(23-20(16-8-9-16)17-10-11-17)14-29-22-25-24-21(18-7-4-12-28-18)26(22)13-15-5-2-1-3-6-15/h1-7,12,16-17,20H,8-11,13-14H2,(H,23,27). The highest BCUT2D eigenvalue weighted by atomic mass is 32.2. The molecule has 1 aromatic carbocycles. The molecule has 0 saturated heterocycles. The molecule has 150 valence electrons. The zero-order chi connectivity index (χ0) is 19.6. The molecular formula is C22H24N4O2S. The summed E-state index contributed by atoms with van der Waals surface area (Å²) >= 11 is 1.43. The number of carbonyl (C=O) groups excluding carboxylic acids is 1. The van der Waals surface area contributed by atoms with Gasteiger partial charge in [0.15, 0.2) is 10.9 Å².